The van der Waals surface area contributed by atoms with Gasteiger partial charge in [0.05, 0.1) is 0 Å². The summed E-state index contributed by atoms with van der Waals surface area (Å²) in [6.45, 7) is 2.23. The topological polar surface area (TPSA) is 61.3 Å². The van der Waals surface area contributed by atoms with E-state index in [0.29, 0.717) is 10.7 Å². The van der Waals surface area contributed by atoms with E-state index in [0.717, 1.165) is 23.4 Å². The Hall–Kier alpha value is -1.62. The fourth-order valence-corrected chi connectivity index (χ4v) is 1.41. The lowest BCUT2D eigenvalue weighted by Crippen LogP contribution is -2.17. The van der Waals surface area contributed by atoms with E-state index in [1.165, 1.54) is 0 Å². The van der Waals surface area contributed by atoms with Crippen LogP contribution in [0.5, 0.6) is 5.75 Å². The second kappa shape index (κ2) is 4.49. The Kier molecular flexibility index (Phi) is 3.05. The van der Waals surface area contributed by atoms with Crippen LogP contribution in [0.25, 0.3) is 11.1 Å². The van der Waals surface area contributed by atoms with Gasteiger partial charge in [-0.25, -0.2) is 4.98 Å². The highest BCUT2D eigenvalue weighted by Crippen LogP contribution is 2.21. The van der Waals surface area contributed by atoms with Crippen LogP contribution in [0.2, 0.25) is 0 Å². The SMILES string of the molecule is CCc1nc2cc(OCC(N)=S)ccc2o1. The van der Waals surface area contributed by atoms with Crippen molar-refractivity contribution < 1.29 is 9.15 Å². The summed E-state index contributed by atoms with van der Waals surface area (Å²) in [6, 6.07) is 5.46. The molecule has 5 heteroatoms. The van der Waals surface area contributed by atoms with Gasteiger partial charge in [-0.1, -0.05) is 19.1 Å². The third-order valence-electron chi connectivity index (χ3n) is 2.09. The molecular formula is C11H12N2O2S. The Labute approximate surface area is 98.4 Å². The molecule has 0 amide bonds. The van der Waals surface area contributed by atoms with E-state index >= 15 is 0 Å². The number of rotatable bonds is 4. The van der Waals surface area contributed by atoms with E-state index in [1.54, 1.807) is 0 Å². The van der Waals surface area contributed by atoms with Crippen LogP contribution in [0.15, 0.2) is 22.6 Å². The molecule has 0 atom stereocenters. The Morgan fingerprint density at radius 2 is 2.38 bits per heavy atom. The van der Waals surface area contributed by atoms with Crippen molar-refractivity contribution in [3.63, 3.8) is 0 Å². The van der Waals surface area contributed by atoms with Crippen molar-refractivity contribution in [3.05, 3.63) is 24.1 Å². The zero-order chi connectivity index (χ0) is 11.5. The van der Waals surface area contributed by atoms with Crippen molar-refractivity contribution in [1.29, 1.82) is 0 Å². The first kappa shape index (κ1) is 10.9. The molecule has 2 aromatic rings. The average Bonchev–Trinajstić information content (AvgIpc) is 2.68. The molecule has 1 aromatic heterocycles. The van der Waals surface area contributed by atoms with E-state index < -0.39 is 0 Å². The molecule has 0 saturated carbocycles. The van der Waals surface area contributed by atoms with Gasteiger partial charge in [-0.15, -0.1) is 0 Å². The number of nitrogens with zero attached hydrogens (tertiary/aromatic N) is 1. The summed E-state index contributed by atoms with van der Waals surface area (Å²) >= 11 is 4.73. The number of oxazole rings is 1. The Bertz CT molecular complexity index is 522. The van der Waals surface area contributed by atoms with Crippen molar-refractivity contribution in [1.82, 2.24) is 4.98 Å². The highest BCUT2D eigenvalue weighted by Gasteiger charge is 2.05. The number of aromatic nitrogens is 1. The molecule has 0 unspecified atom stereocenters. The Balaban J connectivity index is 2.25. The van der Waals surface area contributed by atoms with Gasteiger partial charge in [0.1, 0.15) is 22.9 Å². The molecule has 4 nitrogen and oxygen atoms in total. The minimum Gasteiger partial charge on any atom is -0.486 e. The third-order valence-corrected chi connectivity index (χ3v) is 2.20. The molecule has 1 heterocycles. The van der Waals surface area contributed by atoms with Crippen LogP contribution in [0, 0.1) is 0 Å². The van der Waals surface area contributed by atoms with Gasteiger partial charge in [-0.3, -0.25) is 0 Å². The summed E-state index contributed by atoms with van der Waals surface area (Å²) in [7, 11) is 0. The number of nitrogens with two attached hydrogens (primary N) is 1. The predicted octanol–water partition coefficient (Wildman–Crippen LogP) is 2.06. The number of ether oxygens (including phenoxy) is 1. The molecule has 0 aliphatic heterocycles. The number of hydrogen-bond acceptors (Lipinski definition) is 4. The van der Waals surface area contributed by atoms with Crippen LogP contribution in [0.4, 0.5) is 0 Å². The molecule has 16 heavy (non-hydrogen) atoms. The van der Waals surface area contributed by atoms with E-state index in [1.807, 2.05) is 25.1 Å². The van der Waals surface area contributed by atoms with Crippen molar-refractivity contribution in [3.8, 4) is 5.75 Å². The highest BCUT2D eigenvalue weighted by molar-refractivity contribution is 7.80. The number of fused-ring (bicyclic) bond motifs is 1. The van der Waals surface area contributed by atoms with E-state index in [9.17, 15) is 0 Å². The molecule has 0 spiro atoms. The number of aryl methyl sites for hydroxylation is 1. The lowest BCUT2D eigenvalue weighted by molar-refractivity contribution is 0.378. The van der Waals surface area contributed by atoms with E-state index in [-0.39, 0.29) is 6.61 Å². The van der Waals surface area contributed by atoms with Gasteiger partial charge in [-0.2, -0.15) is 0 Å². The van der Waals surface area contributed by atoms with Crippen molar-refractivity contribution in [2.45, 2.75) is 13.3 Å². The molecule has 2 rings (SSSR count). The summed E-state index contributed by atoms with van der Waals surface area (Å²) in [5, 5.41) is 0. The van der Waals surface area contributed by atoms with Gasteiger partial charge in [0, 0.05) is 12.5 Å². The summed E-state index contributed by atoms with van der Waals surface area (Å²) in [5.74, 6) is 1.41. The largest absolute Gasteiger partial charge is 0.486 e. The molecule has 0 radical (unpaired) electrons. The van der Waals surface area contributed by atoms with Crippen LogP contribution in [-0.4, -0.2) is 16.6 Å². The molecule has 0 aliphatic carbocycles. The molecule has 1 aromatic carbocycles. The lowest BCUT2D eigenvalue weighted by atomic mass is 10.3. The van der Waals surface area contributed by atoms with Gasteiger partial charge in [0.25, 0.3) is 0 Å². The fourth-order valence-electron chi connectivity index (χ4n) is 1.35. The standard InChI is InChI=1S/C11H12N2O2S/c1-2-11-13-8-5-7(14-6-10(12)16)3-4-9(8)15-11/h3-5H,2,6H2,1H3,(H2,12,16). The molecule has 84 valence electrons. The van der Waals surface area contributed by atoms with Crippen LogP contribution < -0.4 is 10.5 Å². The lowest BCUT2D eigenvalue weighted by Gasteiger charge is -2.03. The summed E-state index contributed by atoms with van der Waals surface area (Å²) in [6.07, 6.45) is 0.776. The maximum Gasteiger partial charge on any atom is 0.195 e. The van der Waals surface area contributed by atoms with Crippen LogP contribution in [-0.2, 0) is 6.42 Å². The first-order valence-electron chi connectivity index (χ1n) is 4.99. The molecule has 0 saturated heterocycles. The first-order chi connectivity index (χ1) is 7.69. The monoisotopic (exact) mass is 236 g/mol. The fraction of sp³-hybridized carbons (Fsp3) is 0.273. The predicted molar refractivity (Wildman–Crippen MR) is 65.7 cm³/mol. The highest BCUT2D eigenvalue weighted by atomic mass is 32.1. The second-order valence-corrected chi connectivity index (χ2v) is 3.87. The molecular weight excluding hydrogens is 224 g/mol. The maximum absolute atomic E-state index is 5.48. The minimum atomic E-state index is 0.235. The van der Waals surface area contributed by atoms with E-state index in [4.69, 9.17) is 27.1 Å². The first-order valence-corrected chi connectivity index (χ1v) is 5.40. The van der Waals surface area contributed by atoms with Gasteiger partial charge < -0.3 is 14.9 Å². The number of hydrogen-bond donors (Lipinski definition) is 1. The number of benzene rings is 1. The van der Waals surface area contributed by atoms with Gasteiger partial charge in [-0.05, 0) is 12.1 Å². The Morgan fingerprint density at radius 3 is 3.06 bits per heavy atom. The third kappa shape index (κ3) is 2.30. The molecule has 0 bridgehead atoms. The average molecular weight is 236 g/mol. The second-order valence-electron chi connectivity index (χ2n) is 3.35. The molecule has 0 fully saturated rings. The summed E-state index contributed by atoms with van der Waals surface area (Å²) in [5.41, 5.74) is 6.90. The zero-order valence-corrected chi connectivity index (χ0v) is 9.71. The van der Waals surface area contributed by atoms with Crippen LogP contribution in [0.1, 0.15) is 12.8 Å². The van der Waals surface area contributed by atoms with Gasteiger partial charge >= 0.3 is 0 Å². The molecule has 0 aliphatic rings. The summed E-state index contributed by atoms with van der Waals surface area (Å²) in [4.78, 5) is 4.64. The van der Waals surface area contributed by atoms with E-state index in [2.05, 4.69) is 4.98 Å². The van der Waals surface area contributed by atoms with Crippen molar-refractivity contribution >= 4 is 28.3 Å². The van der Waals surface area contributed by atoms with Gasteiger partial charge in [0.15, 0.2) is 11.5 Å². The van der Waals surface area contributed by atoms with Crippen LogP contribution >= 0.6 is 12.2 Å². The number of thiocarbonyl (C=S) groups is 1. The van der Waals surface area contributed by atoms with Gasteiger partial charge in [0.2, 0.25) is 0 Å². The Morgan fingerprint density at radius 1 is 1.56 bits per heavy atom. The normalized spacial score (nSPS) is 10.6. The quantitative estimate of drug-likeness (QED) is 0.823. The maximum atomic E-state index is 5.48. The van der Waals surface area contributed by atoms with Crippen molar-refractivity contribution in [2.24, 2.45) is 5.73 Å². The minimum absolute atomic E-state index is 0.235. The smallest absolute Gasteiger partial charge is 0.195 e. The zero-order valence-electron chi connectivity index (χ0n) is 8.90. The summed E-state index contributed by atoms with van der Waals surface area (Å²) < 4.78 is 10.9. The molecule has 2 N–H and O–H groups in total. The van der Waals surface area contributed by atoms with Crippen LogP contribution in [0.3, 0.4) is 0 Å². The van der Waals surface area contributed by atoms with Crippen molar-refractivity contribution in [2.75, 3.05) is 6.61 Å².